The predicted octanol–water partition coefficient (Wildman–Crippen LogP) is 1.95. The van der Waals surface area contributed by atoms with Gasteiger partial charge in [0.05, 0.1) is 12.0 Å². The molecule has 1 atom stereocenters. The topological polar surface area (TPSA) is 79.5 Å². The summed E-state index contributed by atoms with van der Waals surface area (Å²) >= 11 is 0. The summed E-state index contributed by atoms with van der Waals surface area (Å²) in [5.41, 5.74) is -0.610. The van der Waals surface area contributed by atoms with E-state index < -0.39 is 11.4 Å². The van der Waals surface area contributed by atoms with Crippen molar-refractivity contribution in [1.29, 1.82) is 0 Å². The lowest BCUT2D eigenvalue weighted by Gasteiger charge is -2.22. The molecule has 1 saturated heterocycles. The minimum absolute atomic E-state index is 0.493. The molecule has 0 amide bonds. The summed E-state index contributed by atoms with van der Waals surface area (Å²) in [6.07, 6.45) is 2.14. The van der Waals surface area contributed by atoms with Crippen LogP contribution in [0.4, 0.5) is 0 Å². The van der Waals surface area contributed by atoms with Gasteiger partial charge in [-0.3, -0.25) is 9.69 Å². The summed E-state index contributed by atoms with van der Waals surface area (Å²) in [6, 6.07) is 0. The molecule has 112 valence electrons. The fourth-order valence-corrected chi connectivity index (χ4v) is 2.70. The molecular weight excluding hydrogens is 258 g/mol. The normalized spacial score (nSPS) is 23.6. The second-order valence-corrected chi connectivity index (χ2v) is 6.10. The van der Waals surface area contributed by atoms with Crippen LogP contribution in [0.1, 0.15) is 45.3 Å². The van der Waals surface area contributed by atoms with Crippen molar-refractivity contribution < 1.29 is 14.4 Å². The molecule has 6 heteroatoms. The van der Waals surface area contributed by atoms with Crippen LogP contribution in [0.15, 0.2) is 4.52 Å². The molecule has 20 heavy (non-hydrogen) atoms. The molecule has 0 radical (unpaired) electrons. The maximum atomic E-state index is 11.4. The van der Waals surface area contributed by atoms with Gasteiger partial charge in [-0.1, -0.05) is 25.9 Å². The van der Waals surface area contributed by atoms with Crippen molar-refractivity contribution in [3.8, 4) is 0 Å². The average molecular weight is 281 g/mol. The molecule has 1 N–H and O–H groups in total. The van der Waals surface area contributed by atoms with Crippen molar-refractivity contribution in [3.63, 3.8) is 0 Å². The molecule has 0 aliphatic carbocycles. The van der Waals surface area contributed by atoms with Gasteiger partial charge in [0.25, 0.3) is 0 Å². The Bertz CT molecular complexity index is 472. The Labute approximate surface area is 119 Å². The maximum absolute atomic E-state index is 11.4. The third kappa shape index (κ3) is 3.17. The van der Waals surface area contributed by atoms with E-state index in [0.29, 0.717) is 37.7 Å². The van der Waals surface area contributed by atoms with Crippen molar-refractivity contribution in [2.24, 2.45) is 11.3 Å². The SMILES string of the molecule is CCC1(C(=O)O)CCN(Cc2nc(CC(C)C)no2)C1. The smallest absolute Gasteiger partial charge is 0.310 e. The van der Waals surface area contributed by atoms with Gasteiger partial charge in [-0.15, -0.1) is 0 Å². The van der Waals surface area contributed by atoms with E-state index in [1.807, 2.05) is 6.92 Å². The van der Waals surface area contributed by atoms with Crippen molar-refractivity contribution in [3.05, 3.63) is 11.7 Å². The van der Waals surface area contributed by atoms with Gasteiger partial charge >= 0.3 is 5.97 Å². The molecular formula is C14H23N3O3. The maximum Gasteiger partial charge on any atom is 0.310 e. The fraction of sp³-hybridized carbons (Fsp3) is 0.786. The molecule has 0 spiro atoms. The van der Waals surface area contributed by atoms with Crippen molar-refractivity contribution in [2.45, 2.75) is 46.6 Å². The van der Waals surface area contributed by atoms with Gasteiger partial charge in [-0.2, -0.15) is 4.98 Å². The zero-order valence-electron chi connectivity index (χ0n) is 12.4. The molecule has 6 nitrogen and oxygen atoms in total. The van der Waals surface area contributed by atoms with E-state index in [9.17, 15) is 9.90 Å². The van der Waals surface area contributed by atoms with Crippen LogP contribution in [0.3, 0.4) is 0 Å². The van der Waals surface area contributed by atoms with Gasteiger partial charge < -0.3 is 9.63 Å². The molecule has 0 bridgehead atoms. The molecule has 0 saturated carbocycles. The van der Waals surface area contributed by atoms with Crippen molar-refractivity contribution in [2.75, 3.05) is 13.1 Å². The zero-order chi connectivity index (χ0) is 14.8. The highest BCUT2D eigenvalue weighted by atomic mass is 16.5. The summed E-state index contributed by atoms with van der Waals surface area (Å²) in [5.74, 6) is 1.10. The van der Waals surface area contributed by atoms with Crippen molar-refractivity contribution in [1.82, 2.24) is 15.0 Å². The average Bonchev–Trinajstić information content (AvgIpc) is 2.97. The fourth-order valence-electron chi connectivity index (χ4n) is 2.70. The quantitative estimate of drug-likeness (QED) is 0.858. The first kappa shape index (κ1) is 15.0. The Balaban J connectivity index is 1.95. The molecule has 1 fully saturated rings. The van der Waals surface area contributed by atoms with E-state index in [-0.39, 0.29) is 0 Å². The lowest BCUT2D eigenvalue weighted by Crippen LogP contribution is -2.33. The van der Waals surface area contributed by atoms with Crippen LogP contribution in [-0.2, 0) is 17.8 Å². The molecule has 1 aliphatic heterocycles. The number of rotatable bonds is 6. The van der Waals surface area contributed by atoms with Crippen molar-refractivity contribution >= 4 is 5.97 Å². The van der Waals surface area contributed by atoms with E-state index in [4.69, 9.17) is 4.52 Å². The first-order chi connectivity index (χ1) is 9.45. The standard InChI is InChI=1S/C14H23N3O3/c1-4-14(13(18)19)5-6-17(9-14)8-12-15-11(16-20-12)7-10(2)3/h10H,4-9H2,1-3H3,(H,18,19). The van der Waals surface area contributed by atoms with E-state index in [1.165, 1.54) is 0 Å². The second kappa shape index (κ2) is 5.91. The Morgan fingerprint density at radius 2 is 2.30 bits per heavy atom. The van der Waals surface area contributed by atoms with Crippen LogP contribution in [0, 0.1) is 11.3 Å². The lowest BCUT2D eigenvalue weighted by atomic mass is 9.84. The minimum Gasteiger partial charge on any atom is -0.481 e. The molecule has 2 heterocycles. The number of hydrogen-bond donors (Lipinski definition) is 1. The number of aliphatic carboxylic acids is 1. The van der Waals surface area contributed by atoms with E-state index in [2.05, 4.69) is 28.9 Å². The van der Waals surface area contributed by atoms with Gasteiger partial charge in [0, 0.05) is 13.0 Å². The van der Waals surface area contributed by atoms with Crippen LogP contribution < -0.4 is 0 Å². The number of hydrogen-bond acceptors (Lipinski definition) is 5. The van der Waals surface area contributed by atoms with E-state index in [1.54, 1.807) is 0 Å². The number of carboxylic acids is 1. The number of carbonyl (C=O) groups is 1. The largest absolute Gasteiger partial charge is 0.481 e. The summed E-state index contributed by atoms with van der Waals surface area (Å²) < 4.78 is 5.24. The van der Waals surface area contributed by atoms with Gasteiger partial charge in [-0.25, -0.2) is 0 Å². The highest BCUT2D eigenvalue weighted by Crippen LogP contribution is 2.34. The van der Waals surface area contributed by atoms with Gasteiger partial charge in [-0.05, 0) is 25.3 Å². The third-order valence-electron chi connectivity index (χ3n) is 4.02. The minimum atomic E-state index is -0.700. The summed E-state index contributed by atoms with van der Waals surface area (Å²) in [5, 5.41) is 13.3. The van der Waals surface area contributed by atoms with Gasteiger partial charge in [0.15, 0.2) is 5.82 Å². The number of likely N-dealkylation sites (tertiary alicyclic amines) is 1. The van der Waals surface area contributed by atoms with E-state index >= 15 is 0 Å². The first-order valence-electron chi connectivity index (χ1n) is 7.22. The first-order valence-corrected chi connectivity index (χ1v) is 7.22. The number of aromatic nitrogens is 2. The molecule has 0 aromatic carbocycles. The summed E-state index contributed by atoms with van der Waals surface area (Å²) in [4.78, 5) is 17.9. The Hall–Kier alpha value is -1.43. The third-order valence-corrected chi connectivity index (χ3v) is 4.02. The summed E-state index contributed by atoms with van der Waals surface area (Å²) in [6.45, 7) is 8.02. The zero-order valence-corrected chi connectivity index (χ0v) is 12.4. The highest BCUT2D eigenvalue weighted by molar-refractivity contribution is 5.75. The Kier molecular flexibility index (Phi) is 4.42. The molecule has 1 unspecified atom stereocenters. The van der Waals surface area contributed by atoms with Crippen LogP contribution in [-0.4, -0.2) is 39.2 Å². The summed E-state index contributed by atoms with van der Waals surface area (Å²) in [7, 11) is 0. The van der Waals surface area contributed by atoms with Gasteiger partial charge in [0.2, 0.25) is 5.89 Å². The van der Waals surface area contributed by atoms with Crippen LogP contribution in [0.2, 0.25) is 0 Å². The van der Waals surface area contributed by atoms with Crippen LogP contribution in [0.5, 0.6) is 0 Å². The molecule has 1 aromatic rings. The van der Waals surface area contributed by atoms with E-state index in [0.717, 1.165) is 18.8 Å². The Morgan fingerprint density at radius 3 is 2.85 bits per heavy atom. The number of carboxylic acid groups (broad SMARTS) is 1. The predicted molar refractivity (Wildman–Crippen MR) is 73.1 cm³/mol. The monoisotopic (exact) mass is 281 g/mol. The highest BCUT2D eigenvalue weighted by Gasteiger charge is 2.43. The van der Waals surface area contributed by atoms with Crippen LogP contribution >= 0.6 is 0 Å². The molecule has 2 rings (SSSR count). The Morgan fingerprint density at radius 1 is 1.55 bits per heavy atom. The molecule has 1 aromatic heterocycles. The molecule has 1 aliphatic rings. The van der Waals surface area contributed by atoms with Gasteiger partial charge in [0.1, 0.15) is 0 Å². The van der Waals surface area contributed by atoms with Crippen LogP contribution in [0.25, 0.3) is 0 Å². The lowest BCUT2D eigenvalue weighted by molar-refractivity contribution is -0.148. The second-order valence-electron chi connectivity index (χ2n) is 6.10. The number of nitrogens with zero attached hydrogens (tertiary/aromatic N) is 3.